The lowest BCUT2D eigenvalue weighted by molar-refractivity contribution is 0.378. The number of hydrogen-bond donors (Lipinski definition) is 2. The van der Waals surface area contributed by atoms with Gasteiger partial charge in [-0.05, 0) is 55.7 Å². The summed E-state index contributed by atoms with van der Waals surface area (Å²) in [5, 5.41) is 10.9. The number of hydrogen-bond acceptors (Lipinski definition) is 8. The molecular weight excluding hydrogens is 484 g/mol. The molecule has 5 rings (SSSR count). The summed E-state index contributed by atoms with van der Waals surface area (Å²) in [5.41, 5.74) is 0.615. The van der Waals surface area contributed by atoms with Gasteiger partial charge in [0.25, 0.3) is 10.0 Å². The molecule has 36 heavy (non-hydrogen) atoms. The number of methoxy groups -OCH3 is 2. The van der Waals surface area contributed by atoms with Gasteiger partial charge in [-0.15, -0.1) is 0 Å². The molecule has 188 valence electrons. The Bertz CT molecular complexity index is 1610. The molecule has 9 nitrogen and oxygen atoms in total. The van der Waals surface area contributed by atoms with E-state index in [2.05, 4.69) is 9.62 Å². The van der Waals surface area contributed by atoms with E-state index in [0.717, 1.165) is 31.6 Å². The molecule has 1 fully saturated rings. The first-order valence-corrected chi connectivity index (χ1v) is 13.0. The average Bonchev–Trinajstić information content (AvgIpc) is 2.88. The first kappa shape index (κ1) is 23.8. The van der Waals surface area contributed by atoms with Gasteiger partial charge in [0.1, 0.15) is 27.7 Å². The van der Waals surface area contributed by atoms with Crippen LogP contribution in [-0.4, -0.2) is 40.8 Å². The van der Waals surface area contributed by atoms with E-state index in [-0.39, 0.29) is 38.3 Å². The zero-order valence-corrected chi connectivity index (χ0v) is 20.7. The molecule has 4 aromatic rings. The molecule has 3 aromatic carbocycles. The molecule has 1 aliphatic rings. The number of rotatable bonds is 6. The van der Waals surface area contributed by atoms with Crippen LogP contribution in [0, 0.1) is 0 Å². The number of anilines is 2. The molecule has 0 unspecified atom stereocenters. The molecule has 0 atom stereocenters. The van der Waals surface area contributed by atoms with Crippen molar-refractivity contribution < 1.29 is 27.4 Å². The Hall–Kier alpha value is -3.92. The summed E-state index contributed by atoms with van der Waals surface area (Å²) in [4.78, 5) is 15.5. The number of nitrogens with zero attached hydrogens (tertiary/aromatic N) is 1. The maximum Gasteiger partial charge on any atom is 0.262 e. The highest BCUT2D eigenvalue weighted by Crippen LogP contribution is 2.42. The quantitative estimate of drug-likeness (QED) is 0.365. The Morgan fingerprint density at radius 1 is 0.944 bits per heavy atom. The van der Waals surface area contributed by atoms with Crippen LogP contribution >= 0.6 is 0 Å². The van der Waals surface area contributed by atoms with Crippen molar-refractivity contribution in [2.24, 2.45) is 0 Å². The van der Waals surface area contributed by atoms with E-state index in [1.54, 1.807) is 42.5 Å². The molecule has 0 radical (unpaired) electrons. The van der Waals surface area contributed by atoms with Crippen LogP contribution in [0.5, 0.6) is 17.2 Å². The molecule has 2 N–H and O–H groups in total. The SMILES string of the molecule is COc1c(NS(=O)(=O)c2ccc(N3CCCCC3)cc2)cc2oc3cccc(OC)c3c(=O)c2c1O. The van der Waals surface area contributed by atoms with Crippen molar-refractivity contribution in [1.29, 1.82) is 0 Å². The second kappa shape index (κ2) is 9.27. The molecule has 0 bridgehead atoms. The summed E-state index contributed by atoms with van der Waals surface area (Å²) < 4.78 is 45.3. The van der Waals surface area contributed by atoms with E-state index >= 15 is 0 Å². The number of phenols is 1. The molecule has 0 spiro atoms. The van der Waals surface area contributed by atoms with Gasteiger partial charge in [-0.25, -0.2) is 8.42 Å². The monoisotopic (exact) mass is 510 g/mol. The van der Waals surface area contributed by atoms with Gasteiger partial charge in [-0.1, -0.05) is 6.07 Å². The average molecular weight is 511 g/mol. The molecule has 10 heteroatoms. The molecule has 1 aromatic heterocycles. The smallest absolute Gasteiger partial charge is 0.262 e. The van der Waals surface area contributed by atoms with Crippen LogP contribution in [0.2, 0.25) is 0 Å². The lowest BCUT2D eigenvalue weighted by Crippen LogP contribution is -2.29. The van der Waals surface area contributed by atoms with Gasteiger partial charge in [0.2, 0.25) is 5.43 Å². The number of aromatic hydroxyl groups is 1. The Kier molecular flexibility index (Phi) is 6.13. The normalized spacial score (nSPS) is 14.2. The van der Waals surface area contributed by atoms with Crippen LogP contribution in [0.25, 0.3) is 21.9 Å². The predicted molar refractivity (Wildman–Crippen MR) is 138 cm³/mol. The first-order chi connectivity index (χ1) is 17.3. The van der Waals surface area contributed by atoms with E-state index in [1.807, 2.05) is 0 Å². The molecule has 2 heterocycles. The van der Waals surface area contributed by atoms with Crippen LogP contribution in [0.1, 0.15) is 19.3 Å². The van der Waals surface area contributed by atoms with Gasteiger partial charge in [0, 0.05) is 24.8 Å². The molecule has 0 aliphatic carbocycles. The third-order valence-corrected chi connectivity index (χ3v) is 7.80. The third kappa shape index (κ3) is 4.07. The van der Waals surface area contributed by atoms with Crippen molar-refractivity contribution in [1.82, 2.24) is 0 Å². The van der Waals surface area contributed by atoms with Crippen LogP contribution in [0.4, 0.5) is 11.4 Å². The van der Waals surface area contributed by atoms with Crippen molar-refractivity contribution >= 4 is 43.3 Å². The van der Waals surface area contributed by atoms with E-state index in [0.29, 0.717) is 5.75 Å². The predicted octanol–water partition coefficient (Wildman–Crippen LogP) is 4.46. The summed E-state index contributed by atoms with van der Waals surface area (Å²) in [6.07, 6.45) is 3.44. The topological polar surface area (TPSA) is 118 Å². The molecular formula is C26H26N2O7S. The number of sulfonamides is 1. The van der Waals surface area contributed by atoms with Crippen molar-refractivity contribution in [3.63, 3.8) is 0 Å². The van der Waals surface area contributed by atoms with Crippen molar-refractivity contribution in [3.05, 3.63) is 58.8 Å². The number of nitrogens with one attached hydrogen (secondary N) is 1. The minimum absolute atomic E-state index is 0.00259. The first-order valence-electron chi connectivity index (χ1n) is 11.6. The summed E-state index contributed by atoms with van der Waals surface area (Å²) in [6.45, 7) is 1.90. The molecule has 0 saturated carbocycles. The summed E-state index contributed by atoms with van der Waals surface area (Å²) in [5.74, 6) is -0.438. The minimum atomic E-state index is -4.04. The van der Waals surface area contributed by atoms with Gasteiger partial charge in [0.05, 0.1) is 24.8 Å². The van der Waals surface area contributed by atoms with Crippen LogP contribution in [-0.2, 0) is 10.0 Å². The van der Waals surface area contributed by atoms with E-state index < -0.39 is 21.2 Å². The van der Waals surface area contributed by atoms with E-state index in [4.69, 9.17) is 13.9 Å². The Morgan fingerprint density at radius 2 is 1.67 bits per heavy atom. The minimum Gasteiger partial charge on any atom is -0.504 e. The lowest BCUT2D eigenvalue weighted by Gasteiger charge is -2.28. The standard InChI is InChI=1S/C26H26N2O7S/c1-33-19-7-6-8-20-22(19)24(29)23-21(35-20)15-18(26(34-2)25(23)30)27-36(31,32)17-11-9-16(10-12-17)28-13-4-3-5-14-28/h6-12,15,27,30H,3-5,13-14H2,1-2H3. The summed E-state index contributed by atoms with van der Waals surface area (Å²) in [6, 6.07) is 12.8. The second-order valence-electron chi connectivity index (χ2n) is 8.59. The number of ether oxygens (including phenoxy) is 2. The summed E-state index contributed by atoms with van der Waals surface area (Å²) >= 11 is 0. The number of phenolic OH excluding ortho intramolecular Hbond substituents is 1. The highest BCUT2D eigenvalue weighted by atomic mass is 32.2. The van der Waals surface area contributed by atoms with Crippen LogP contribution < -0.4 is 24.5 Å². The van der Waals surface area contributed by atoms with E-state index in [9.17, 15) is 18.3 Å². The number of fused-ring (bicyclic) bond motifs is 2. The highest BCUT2D eigenvalue weighted by molar-refractivity contribution is 7.92. The van der Waals surface area contributed by atoms with Crippen molar-refractivity contribution in [3.8, 4) is 17.2 Å². The van der Waals surface area contributed by atoms with Gasteiger partial charge in [-0.2, -0.15) is 0 Å². The number of benzene rings is 3. The Morgan fingerprint density at radius 3 is 2.33 bits per heavy atom. The van der Waals surface area contributed by atoms with Gasteiger partial charge in [-0.3, -0.25) is 9.52 Å². The fourth-order valence-corrected chi connectivity index (χ4v) is 5.69. The van der Waals surface area contributed by atoms with Gasteiger partial charge in [0.15, 0.2) is 11.5 Å². The lowest BCUT2D eigenvalue weighted by atomic mass is 10.1. The van der Waals surface area contributed by atoms with Crippen molar-refractivity contribution in [2.45, 2.75) is 24.2 Å². The maximum absolute atomic E-state index is 13.2. The molecule has 1 aliphatic heterocycles. The fraction of sp³-hybridized carbons (Fsp3) is 0.269. The maximum atomic E-state index is 13.2. The Balaban J connectivity index is 1.56. The molecule has 1 saturated heterocycles. The summed E-state index contributed by atoms with van der Waals surface area (Å²) in [7, 11) is -1.34. The largest absolute Gasteiger partial charge is 0.504 e. The second-order valence-corrected chi connectivity index (χ2v) is 10.3. The third-order valence-electron chi connectivity index (χ3n) is 6.42. The van der Waals surface area contributed by atoms with E-state index in [1.165, 1.54) is 26.7 Å². The highest BCUT2D eigenvalue weighted by Gasteiger charge is 2.24. The molecule has 0 amide bonds. The van der Waals surface area contributed by atoms with Crippen molar-refractivity contribution in [2.75, 3.05) is 36.9 Å². The zero-order valence-electron chi connectivity index (χ0n) is 19.9. The fourth-order valence-electron chi connectivity index (χ4n) is 4.63. The van der Waals surface area contributed by atoms with Gasteiger partial charge < -0.3 is 23.9 Å². The zero-order chi connectivity index (χ0) is 25.4. The van der Waals surface area contributed by atoms with Crippen LogP contribution in [0.3, 0.4) is 0 Å². The van der Waals surface area contributed by atoms with Gasteiger partial charge >= 0.3 is 0 Å². The Labute approximate surface area is 207 Å². The van der Waals surface area contributed by atoms with Crippen LogP contribution in [0.15, 0.2) is 62.6 Å². The number of piperidine rings is 1.